The SMILES string of the molecule is CCNC(CN1CCC(C)C1)C1CCCC1. The minimum atomic E-state index is 0.762. The molecule has 0 aromatic heterocycles. The highest BCUT2D eigenvalue weighted by molar-refractivity contribution is 4.85. The van der Waals surface area contributed by atoms with E-state index in [0.717, 1.165) is 24.4 Å². The van der Waals surface area contributed by atoms with Crippen LogP contribution in [0.15, 0.2) is 0 Å². The van der Waals surface area contributed by atoms with Crippen LogP contribution in [0.1, 0.15) is 46.0 Å². The molecule has 2 unspecified atom stereocenters. The zero-order chi connectivity index (χ0) is 11.4. The molecule has 0 aromatic rings. The molecule has 1 aliphatic heterocycles. The standard InChI is InChI=1S/C14H28N2/c1-3-15-14(13-6-4-5-7-13)11-16-9-8-12(2)10-16/h12-15H,3-11H2,1-2H3. The maximum atomic E-state index is 3.72. The van der Waals surface area contributed by atoms with Crippen molar-refractivity contribution < 1.29 is 0 Å². The lowest BCUT2D eigenvalue weighted by Crippen LogP contribution is -2.44. The Morgan fingerprint density at radius 2 is 2.00 bits per heavy atom. The lowest BCUT2D eigenvalue weighted by molar-refractivity contribution is 0.238. The van der Waals surface area contributed by atoms with Crippen LogP contribution in [0.3, 0.4) is 0 Å². The molecular weight excluding hydrogens is 196 g/mol. The van der Waals surface area contributed by atoms with Gasteiger partial charge in [-0.1, -0.05) is 26.7 Å². The Hall–Kier alpha value is -0.0800. The molecule has 2 nitrogen and oxygen atoms in total. The first-order valence-electron chi connectivity index (χ1n) is 7.25. The van der Waals surface area contributed by atoms with Gasteiger partial charge in [0.15, 0.2) is 0 Å². The van der Waals surface area contributed by atoms with Crippen LogP contribution in [-0.4, -0.2) is 37.1 Å². The lowest BCUT2D eigenvalue weighted by atomic mass is 9.97. The van der Waals surface area contributed by atoms with E-state index in [1.807, 2.05) is 0 Å². The van der Waals surface area contributed by atoms with Crippen LogP contribution in [0.4, 0.5) is 0 Å². The summed E-state index contributed by atoms with van der Waals surface area (Å²) in [6.07, 6.45) is 7.25. The molecule has 2 rings (SSSR count). The van der Waals surface area contributed by atoms with E-state index in [-0.39, 0.29) is 0 Å². The number of hydrogen-bond donors (Lipinski definition) is 1. The van der Waals surface area contributed by atoms with Crippen LogP contribution >= 0.6 is 0 Å². The highest BCUT2D eigenvalue weighted by atomic mass is 15.2. The highest BCUT2D eigenvalue weighted by Gasteiger charge is 2.28. The van der Waals surface area contributed by atoms with Gasteiger partial charge in [-0.25, -0.2) is 0 Å². The van der Waals surface area contributed by atoms with Crippen LogP contribution < -0.4 is 5.32 Å². The van der Waals surface area contributed by atoms with Crippen LogP contribution in [-0.2, 0) is 0 Å². The number of hydrogen-bond acceptors (Lipinski definition) is 2. The van der Waals surface area contributed by atoms with Gasteiger partial charge in [-0.05, 0) is 44.2 Å². The Bertz CT molecular complexity index is 199. The van der Waals surface area contributed by atoms with Gasteiger partial charge in [0.1, 0.15) is 0 Å². The van der Waals surface area contributed by atoms with Gasteiger partial charge in [-0.3, -0.25) is 0 Å². The van der Waals surface area contributed by atoms with Crippen molar-refractivity contribution in [3.63, 3.8) is 0 Å². The second kappa shape index (κ2) is 6.02. The molecule has 0 bridgehead atoms. The average molecular weight is 224 g/mol. The fraction of sp³-hybridized carbons (Fsp3) is 1.00. The van der Waals surface area contributed by atoms with E-state index in [2.05, 4.69) is 24.1 Å². The van der Waals surface area contributed by atoms with E-state index in [0.29, 0.717) is 0 Å². The van der Waals surface area contributed by atoms with Crippen LogP contribution in [0.5, 0.6) is 0 Å². The summed E-state index contributed by atoms with van der Waals surface area (Å²) < 4.78 is 0. The third-order valence-electron chi connectivity index (χ3n) is 4.40. The van der Waals surface area contributed by atoms with Crippen molar-refractivity contribution in [2.75, 3.05) is 26.2 Å². The summed E-state index contributed by atoms with van der Waals surface area (Å²) in [5.41, 5.74) is 0. The van der Waals surface area contributed by atoms with Crippen LogP contribution in [0, 0.1) is 11.8 Å². The average Bonchev–Trinajstić information content (AvgIpc) is 2.88. The first kappa shape index (κ1) is 12.4. The fourth-order valence-corrected chi connectivity index (χ4v) is 3.47. The predicted molar refractivity (Wildman–Crippen MR) is 69.6 cm³/mol. The molecule has 2 heteroatoms. The molecule has 0 radical (unpaired) electrons. The molecule has 0 spiro atoms. The molecule has 1 aliphatic carbocycles. The van der Waals surface area contributed by atoms with Gasteiger partial charge < -0.3 is 10.2 Å². The summed E-state index contributed by atoms with van der Waals surface area (Å²) in [5.74, 6) is 1.88. The van der Waals surface area contributed by atoms with E-state index in [9.17, 15) is 0 Å². The molecule has 0 amide bonds. The molecule has 0 aromatic carbocycles. The van der Waals surface area contributed by atoms with Crippen molar-refractivity contribution in [1.82, 2.24) is 10.2 Å². The summed E-state index contributed by atoms with van der Waals surface area (Å²) in [6.45, 7) is 9.71. The summed E-state index contributed by atoms with van der Waals surface area (Å²) >= 11 is 0. The van der Waals surface area contributed by atoms with Gasteiger partial charge in [-0.15, -0.1) is 0 Å². The van der Waals surface area contributed by atoms with Gasteiger partial charge in [-0.2, -0.15) is 0 Å². The Labute approximate surface area is 101 Å². The molecule has 2 atom stereocenters. The normalized spacial score (nSPS) is 30.0. The van der Waals surface area contributed by atoms with Crippen LogP contribution in [0.25, 0.3) is 0 Å². The molecule has 94 valence electrons. The fourth-order valence-electron chi connectivity index (χ4n) is 3.47. The topological polar surface area (TPSA) is 15.3 Å². The number of likely N-dealkylation sites (tertiary alicyclic amines) is 1. The van der Waals surface area contributed by atoms with Gasteiger partial charge in [0, 0.05) is 19.1 Å². The van der Waals surface area contributed by atoms with Crippen molar-refractivity contribution in [2.45, 2.75) is 52.0 Å². The third kappa shape index (κ3) is 3.21. The highest BCUT2D eigenvalue weighted by Crippen LogP contribution is 2.29. The first-order valence-corrected chi connectivity index (χ1v) is 7.25. The van der Waals surface area contributed by atoms with E-state index >= 15 is 0 Å². The molecule has 2 fully saturated rings. The van der Waals surface area contributed by atoms with Gasteiger partial charge in [0.05, 0.1) is 0 Å². The Kier molecular flexibility index (Phi) is 4.66. The lowest BCUT2D eigenvalue weighted by Gasteiger charge is -2.29. The van der Waals surface area contributed by atoms with E-state index in [1.165, 1.54) is 51.7 Å². The zero-order valence-corrected chi connectivity index (χ0v) is 11.0. The van der Waals surface area contributed by atoms with Crippen molar-refractivity contribution in [3.05, 3.63) is 0 Å². The van der Waals surface area contributed by atoms with E-state index in [1.54, 1.807) is 0 Å². The molecule has 1 saturated carbocycles. The molecule has 1 N–H and O–H groups in total. The quantitative estimate of drug-likeness (QED) is 0.772. The summed E-state index contributed by atoms with van der Waals surface area (Å²) in [7, 11) is 0. The monoisotopic (exact) mass is 224 g/mol. The Morgan fingerprint density at radius 3 is 2.56 bits per heavy atom. The van der Waals surface area contributed by atoms with E-state index in [4.69, 9.17) is 0 Å². The summed E-state index contributed by atoms with van der Waals surface area (Å²) in [4.78, 5) is 2.68. The molecule has 16 heavy (non-hydrogen) atoms. The number of rotatable bonds is 5. The van der Waals surface area contributed by atoms with Gasteiger partial charge in [0.25, 0.3) is 0 Å². The van der Waals surface area contributed by atoms with Crippen molar-refractivity contribution in [1.29, 1.82) is 0 Å². The van der Waals surface area contributed by atoms with Crippen LogP contribution in [0.2, 0.25) is 0 Å². The Morgan fingerprint density at radius 1 is 1.25 bits per heavy atom. The molecular formula is C14H28N2. The Balaban J connectivity index is 1.81. The third-order valence-corrected chi connectivity index (χ3v) is 4.40. The van der Waals surface area contributed by atoms with Crippen molar-refractivity contribution in [2.24, 2.45) is 11.8 Å². The maximum Gasteiger partial charge on any atom is 0.0223 e. The summed E-state index contributed by atoms with van der Waals surface area (Å²) in [6, 6.07) is 0.762. The minimum absolute atomic E-state index is 0.762. The zero-order valence-electron chi connectivity index (χ0n) is 11.0. The number of likely N-dealkylation sites (N-methyl/N-ethyl adjacent to an activating group) is 1. The van der Waals surface area contributed by atoms with Gasteiger partial charge >= 0.3 is 0 Å². The predicted octanol–water partition coefficient (Wildman–Crippen LogP) is 2.50. The second-order valence-corrected chi connectivity index (χ2v) is 5.86. The van der Waals surface area contributed by atoms with Gasteiger partial charge in [0.2, 0.25) is 0 Å². The molecule has 1 saturated heterocycles. The minimum Gasteiger partial charge on any atom is -0.313 e. The molecule has 1 heterocycles. The smallest absolute Gasteiger partial charge is 0.0223 e. The first-order chi connectivity index (χ1) is 7.79. The molecule has 2 aliphatic rings. The van der Waals surface area contributed by atoms with Crippen molar-refractivity contribution >= 4 is 0 Å². The second-order valence-electron chi connectivity index (χ2n) is 5.86. The maximum absolute atomic E-state index is 3.72. The van der Waals surface area contributed by atoms with Crippen molar-refractivity contribution in [3.8, 4) is 0 Å². The largest absolute Gasteiger partial charge is 0.313 e. The summed E-state index contributed by atoms with van der Waals surface area (Å²) in [5, 5.41) is 3.72. The number of nitrogens with zero attached hydrogens (tertiary/aromatic N) is 1. The number of nitrogens with one attached hydrogen (secondary N) is 1. The van der Waals surface area contributed by atoms with E-state index < -0.39 is 0 Å².